The van der Waals surface area contributed by atoms with Crippen molar-refractivity contribution in [1.82, 2.24) is 10.2 Å². The van der Waals surface area contributed by atoms with Crippen LogP contribution in [0.3, 0.4) is 0 Å². The van der Waals surface area contributed by atoms with Gasteiger partial charge >= 0.3 is 12.1 Å². The van der Waals surface area contributed by atoms with Gasteiger partial charge in [0.25, 0.3) is 0 Å². The van der Waals surface area contributed by atoms with Gasteiger partial charge in [0, 0.05) is 26.2 Å². The molecule has 7 heteroatoms. The Bertz CT molecular complexity index is 382. The van der Waals surface area contributed by atoms with Crippen LogP contribution in [0.1, 0.15) is 66.2 Å². The van der Waals surface area contributed by atoms with E-state index >= 15 is 0 Å². The van der Waals surface area contributed by atoms with Crippen LogP contribution in [-0.2, 0) is 9.53 Å². The number of carbonyl (C=O) groups excluding carboxylic acids is 1. The number of carboxylic acid groups (broad SMARTS) is 1. The molecular formula is C18H36N2O5. The lowest BCUT2D eigenvalue weighted by Crippen LogP contribution is -2.46. The van der Waals surface area contributed by atoms with Crippen molar-refractivity contribution in [3.05, 3.63) is 0 Å². The number of amides is 1. The third-order valence-electron chi connectivity index (χ3n) is 3.73. The quantitative estimate of drug-likeness (QED) is 0.437. The maximum Gasteiger partial charge on any atom is 0.407 e. The van der Waals surface area contributed by atoms with Crippen molar-refractivity contribution in [1.29, 1.82) is 0 Å². The first-order valence-corrected chi connectivity index (χ1v) is 9.25. The molecule has 0 bridgehead atoms. The molecule has 0 aliphatic carbocycles. The molecule has 1 atom stereocenters. The Balaban J connectivity index is 4.55. The fraction of sp³-hybridized carbons (Fsp3) is 0.889. The number of ether oxygens (including phenoxy) is 1. The number of alkyl carbamates (subject to hydrolysis) is 1. The van der Waals surface area contributed by atoms with Crippen molar-refractivity contribution in [3.8, 4) is 0 Å². The van der Waals surface area contributed by atoms with Gasteiger partial charge in [-0.05, 0) is 33.6 Å². The summed E-state index contributed by atoms with van der Waals surface area (Å²) in [6.07, 6.45) is 4.65. The summed E-state index contributed by atoms with van der Waals surface area (Å²) in [6, 6.07) is -0.594. The highest BCUT2D eigenvalue weighted by Gasteiger charge is 2.25. The zero-order chi connectivity index (χ0) is 19.3. The van der Waals surface area contributed by atoms with Gasteiger partial charge in [0.15, 0.2) is 0 Å². The molecule has 0 radical (unpaired) electrons. The molecule has 0 rings (SSSR count). The summed E-state index contributed by atoms with van der Waals surface area (Å²) in [5, 5.41) is 21.3. The summed E-state index contributed by atoms with van der Waals surface area (Å²) in [6.45, 7) is 8.69. The van der Waals surface area contributed by atoms with Crippen LogP contribution in [0.2, 0.25) is 0 Å². The van der Waals surface area contributed by atoms with Gasteiger partial charge in [0.1, 0.15) is 11.6 Å². The van der Waals surface area contributed by atoms with Crippen molar-refractivity contribution in [2.45, 2.75) is 77.9 Å². The molecule has 0 aromatic carbocycles. The number of aliphatic hydroxyl groups is 1. The lowest BCUT2D eigenvalue weighted by molar-refractivity contribution is -0.143. The first kappa shape index (κ1) is 23.7. The minimum Gasteiger partial charge on any atom is -0.480 e. The molecule has 0 aromatic heterocycles. The zero-order valence-electron chi connectivity index (χ0n) is 16.2. The molecule has 0 fully saturated rings. The Morgan fingerprint density at radius 1 is 1.12 bits per heavy atom. The van der Waals surface area contributed by atoms with Crippen LogP contribution in [0.25, 0.3) is 0 Å². The van der Waals surface area contributed by atoms with Crippen LogP contribution in [0.4, 0.5) is 4.79 Å². The Hall–Kier alpha value is -1.34. The van der Waals surface area contributed by atoms with E-state index in [4.69, 9.17) is 9.84 Å². The predicted octanol–water partition coefficient (Wildman–Crippen LogP) is 2.62. The molecule has 7 nitrogen and oxygen atoms in total. The Labute approximate surface area is 151 Å². The Kier molecular flexibility index (Phi) is 12.2. The fourth-order valence-electron chi connectivity index (χ4n) is 2.54. The molecule has 1 unspecified atom stereocenters. The largest absolute Gasteiger partial charge is 0.480 e. The standard InChI is InChI=1S/C18H36N2O5/c1-5-6-7-8-10-15(16(22)23)20(12-9-14-21)13-11-19-17(24)25-18(2,3)4/h15,21H,5-14H2,1-4H3,(H,19,24)(H,22,23). The number of rotatable bonds is 13. The number of unbranched alkanes of at least 4 members (excludes halogenated alkanes) is 3. The molecule has 0 spiro atoms. The molecule has 25 heavy (non-hydrogen) atoms. The van der Waals surface area contributed by atoms with E-state index in [9.17, 15) is 14.7 Å². The summed E-state index contributed by atoms with van der Waals surface area (Å²) in [5.74, 6) is -0.855. The maximum atomic E-state index is 11.7. The molecule has 0 aromatic rings. The number of carboxylic acids is 1. The average Bonchev–Trinajstić information content (AvgIpc) is 2.49. The average molecular weight is 360 g/mol. The van der Waals surface area contributed by atoms with Gasteiger partial charge in [-0.15, -0.1) is 0 Å². The Morgan fingerprint density at radius 3 is 2.32 bits per heavy atom. The van der Waals surface area contributed by atoms with E-state index in [0.717, 1.165) is 25.7 Å². The van der Waals surface area contributed by atoms with E-state index < -0.39 is 23.7 Å². The van der Waals surface area contributed by atoms with Crippen LogP contribution in [0, 0.1) is 0 Å². The molecular weight excluding hydrogens is 324 g/mol. The molecule has 0 saturated heterocycles. The first-order chi connectivity index (χ1) is 11.7. The smallest absolute Gasteiger partial charge is 0.407 e. The minimum atomic E-state index is -0.855. The normalized spacial score (nSPS) is 12.9. The number of aliphatic hydroxyl groups excluding tert-OH is 1. The van der Waals surface area contributed by atoms with Crippen LogP contribution in [0.15, 0.2) is 0 Å². The third-order valence-corrected chi connectivity index (χ3v) is 3.73. The molecule has 0 aliphatic rings. The highest BCUT2D eigenvalue weighted by Crippen LogP contribution is 2.12. The number of hydrogen-bond donors (Lipinski definition) is 3. The van der Waals surface area contributed by atoms with E-state index in [0.29, 0.717) is 32.5 Å². The summed E-state index contributed by atoms with van der Waals surface area (Å²) < 4.78 is 5.18. The SMILES string of the molecule is CCCCCCC(C(=O)O)N(CCCO)CCNC(=O)OC(C)(C)C. The van der Waals surface area contributed by atoms with Crippen molar-refractivity contribution in [2.24, 2.45) is 0 Å². The third kappa shape index (κ3) is 12.6. The monoisotopic (exact) mass is 360 g/mol. The number of carbonyl (C=O) groups is 2. The highest BCUT2D eigenvalue weighted by atomic mass is 16.6. The van der Waals surface area contributed by atoms with Crippen molar-refractivity contribution < 1.29 is 24.5 Å². The van der Waals surface area contributed by atoms with Crippen molar-refractivity contribution >= 4 is 12.1 Å². The van der Waals surface area contributed by atoms with Gasteiger partial charge < -0.3 is 20.3 Å². The van der Waals surface area contributed by atoms with E-state index in [1.54, 1.807) is 20.8 Å². The van der Waals surface area contributed by atoms with E-state index in [-0.39, 0.29) is 6.61 Å². The van der Waals surface area contributed by atoms with Gasteiger partial charge in [0.05, 0.1) is 0 Å². The number of nitrogens with one attached hydrogen (secondary N) is 1. The van der Waals surface area contributed by atoms with E-state index in [2.05, 4.69) is 12.2 Å². The number of aliphatic carboxylic acids is 1. The van der Waals surface area contributed by atoms with Gasteiger partial charge in [-0.25, -0.2) is 4.79 Å². The molecule has 3 N–H and O–H groups in total. The number of hydrogen-bond acceptors (Lipinski definition) is 5. The van der Waals surface area contributed by atoms with Crippen molar-refractivity contribution in [3.63, 3.8) is 0 Å². The molecule has 0 aliphatic heterocycles. The fourth-order valence-corrected chi connectivity index (χ4v) is 2.54. The molecule has 0 heterocycles. The second-order valence-corrected chi connectivity index (χ2v) is 7.25. The second-order valence-electron chi connectivity index (χ2n) is 7.25. The van der Waals surface area contributed by atoms with Crippen molar-refractivity contribution in [2.75, 3.05) is 26.2 Å². The second kappa shape index (κ2) is 12.9. The van der Waals surface area contributed by atoms with E-state index in [1.807, 2.05) is 4.90 Å². The molecule has 148 valence electrons. The van der Waals surface area contributed by atoms with Crippen LogP contribution < -0.4 is 5.32 Å². The lowest BCUT2D eigenvalue weighted by Gasteiger charge is -2.29. The van der Waals surface area contributed by atoms with Gasteiger partial charge in [0.2, 0.25) is 0 Å². The summed E-state index contributed by atoms with van der Waals surface area (Å²) >= 11 is 0. The minimum absolute atomic E-state index is 0.0121. The van der Waals surface area contributed by atoms with E-state index in [1.165, 1.54) is 0 Å². The molecule has 1 amide bonds. The molecule has 0 saturated carbocycles. The van der Waals surface area contributed by atoms with Gasteiger partial charge in [-0.3, -0.25) is 9.69 Å². The van der Waals surface area contributed by atoms with Gasteiger partial charge in [-0.2, -0.15) is 0 Å². The Morgan fingerprint density at radius 2 is 1.80 bits per heavy atom. The lowest BCUT2D eigenvalue weighted by atomic mass is 10.1. The summed E-state index contributed by atoms with van der Waals surface area (Å²) in [4.78, 5) is 25.2. The van der Waals surface area contributed by atoms with Crippen LogP contribution >= 0.6 is 0 Å². The predicted molar refractivity (Wildman–Crippen MR) is 97.7 cm³/mol. The number of nitrogens with zero attached hydrogens (tertiary/aromatic N) is 1. The maximum absolute atomic E-state index is 11.7. The van der Waals surface area contributed by atoms with Crippen LogP contribution in [-0.4, -0.2) is 65.1 Å². The zero-order valence-corrected chi connectivity index (χ0v) is 16.2. The summed E-state index contributed by atoms with van der Waals surface area (Å²) in [5.41, 5.74) is -0.566. The summed E-state index contributed by atoms with van der Waals surface area (Å²) in [7, 11) is 0. The first-order valence-electron chi connectivity index (χ1n) is 9.25. The van der Waals surface area contributed by atoms with Crippen LogP contribution in [0.5, 0.6) is 0 Å². The van der Waals surface area contributed by atoms with Gasteiger partial charge in [-0.1, -0.05) is 32.6 Å². The highest BCUT2D eigenvalue weighted by molar-refractivity contribution is 5.73. The topological polar surface area (TPSA) is 99.1 Å².